The van der Waals surface area contributed by atoms with Crippen molar-refractivity contribution in [1.29, 1.82) is 0 Å². The quantitative estimate of drug-likeness (QED) is 0.806. The fourth-order valence-corrected chi connectivity index (χ4v) is 5.30. The second kappa shape index (κ2) is 4.49. The maximum atomic E-state index is 6.34. The summed E-state index contributed by atoms with van der Waals surface area (Å²) in [6, 6.07) is 0. The second-order valence-electron chi connectivity index (χ2n) is 7.94. The molecule has 4 N–H and O–H groups in total. The predicted octanol–water partition coefficient (Wildman–Crippen LogP) is 2.76. The maximum absolute atomic E-state index is 6.34. The van der Waals surface area contributed by atoms with E-state index in [4.69, 9.17) is 11.5 Å². The molecule has 4 aliphatic rings. The molecule has 18 heavy (non-hydrogen) atoms. The van der Waals surface area contributed by atoms with Gasteiger partial charge in [0.25, 0.3) is 0 Å². The van der Waals surface area contributed by atoms with Crippen LogP contribution in [0.2, 0.25) is 0 Å². The molecule has 0 aromatic carbocycles. The summed E-state index contributed by atoms with van der Waals surface area (Å²) in [5, 5.41) is 0. The lowest BCUT2D eigenvalue weighted by Gasteiger charge is -2.55. The Morgan fingerprint density at radius 3 is 2.00 bits per heavy atom. The van der Waals surface area contributed by atoms with Gasteiger partial charge >= 0.3 is 0 Å². The third-order valence-electron chi connectivity index (χ3n) is 6.61. The van der Waals surface area contributed by atoms with Crippen molar-refractivity contribution >= 4 is 0 Å². The van der Waals surface area contributed by atoms with Gasteiger partial charge in [0.1, 0.15) is 0 Å². The van der Waals surface area contributed by atoms with Crippen LogP contribution in [0.15, 0.2) is 0 Å². The molecule has 4 rings (SSSR count). The topological polar surface area (TPSA) is 52.0 Å². The Hall–Kier alpha value is -0.0800. The van der Waals surface area contributed by atoms with Gasteiger partial charge in [-0.25, -0.2) is 0 Å². The summed E-state index contributed by atoms with van der Waals surface area (Å²) >= 11 is 0. The summed E-state index contributed by atoms with van der Waals surface area (Å²) in [6.07, 6.45) is 8.96. The van der Waals surface area contributed by atoms with E-state index in [0.29, 0.717) is 12.5 Å². The van der Waals surface area contributed by atoms with E-state index in [1.807, 2.05) is 0 Å². The molecule has 0 aromatic heterocycles. The first-order chi connectivity index (χ1) is 8.49. The SMILES string of the molecule is CC(CC1C2CC3CC(C2)CC1C3)C(C)(N)CN. The van der Waals surface area contributed by atoms with Gasteiger partial charge in [0.15, 0.2) is 0 Å². The Balaban J connectivity index is 1.67. The first-order valence-electron chi connectivity index (χ1n) is 7.98. The summed E-state index contributed by atoms with van der Waals surface area (Å²) in [4.78, 5) is 0. The number of rotatable bonds is 4. The van der Waals surface area contributed by atoms with E-state index in [-0.39, 0.29) is 5.54 Å². The second-order valence-corrected chi connectivity index (χ2v) is 7.94. The van der Waals surface area contributed by atoms with E-state index < -0.39 is 0 Å². The van der Waals surface area contributed by atoms with Crippen molar-refractivity contribution in [2.75, 3.05) is 6.54 Å². The predicted molar refractivity (Wildman–Crippen MR) is 76.0 cm³/mol. The molecule has 4 bridgehead atoms. The Bertz CT molecular complexity index is 282. The molecule has 4 saturated carbocycles. The van der Waals surface area contributed by atoms with Crippen LogP contribution in [-0.2, 0) is 0 Å². The third kappa shape index (κ3) is 2.12. The summed E-state index contributed by atoms with van der Waals surface area (Å²) in [5.74, 6) is 5.73. The van der Waals surface area contributed by atoms with Gasteiger partial charge in [-0.05, 0) is 81.0 Å². The van der Waals surface area contributed by atoms with E-state index in [9.17, 15) is 0 Å². The molecule has 2 nitrogen and oxygen atoms in total. The number of nitrogens with two attached hydrogens (primary N) is 2. The molecule has 0 saturated heterocycles. The highest BCUT2D eigenvalue weighted by Crippen LogP contribution is 2.58. The number of hydrogen-bond donors (Lipinski definition) is 2. The monoisotopic (exact) mass is 250 g/mol. The van der Waals surface area contributed by atoms with Crippen LogP contribution in [0.1, 0.15) is 52.4 Å². The van der Waals surface area contributed by atoms with Crippen molar-refractivity contribution in [2.24, 2.45) is 47.0 Å². The van der Waals surface area contributed by atoms with Crippen LogP contribution >= 0.6 is 0 Å². The fourth-order valence-electron chi connectivity index (χ4n) is 5.30. The molecule has 4 fully saturated rings. The first kappa shape index (κ1) is 12.9. The summed E-state index contributed by atoms with van der Waals surface area (Å²) in [7, 11) is 0. The Labute approximate surface area is 112 Å². The van der Waals surface area contributed by atoms with Crippen molar-refractivity contribution in [3.8, 4) is 0 Å². The molecular formula is C16H30N2. The van der Waals surface area contributed by atoms with Crippen molar-refractivity contribution in [1.82, 2.24) is 0 Å². The largest absolute Gasteiger partial charge is 0.329 e. The normalized spacial score (nSPS) is 47.0. The van der Waals surface area contributed by atoms with Crippen LogP contribution in [0.4, 0.5) is 0 Å². The van der Waals surface area contributed by atoms with E-state index >= 15 is 0 Å². The fraction of sp³-hybridized carbons (Fsp3) is 1.00. The van der Waals surface area contributed by atoms with Crippen LogP contribution in [0, 0.1) is 35.5 Å². The molecule has 0 heterocycles. The van der Waals surface area contributed by atoms with Crippen molar-refractivity contribution in [3.05, 3.63) is 0 Å². The molecule has 4 aliphatic carbocycles. The van der Waals surface area contributed by atoms with E-state index in [2.05, 4.69) is 13.8 Å². The third-order valence-corrected chi connectivity index (χ3v) is 6.61. The van der Waals surface area contributed by atoms with Gasteiger partial charge in [0, 0.05) is 12.1 Å². The van der Waals surface area contributed by atoms with Gasteiger partial charge in [0.2, 0.25) is 0 Å². The van der Waals surface area contributed by atoms with Crippen molar-refractivity contribution in [3.63, 3.8) is 0 Å². The molecule has 0 spiro atoms. The molecule has 2 atom stereocenters. The minimum absolute atomic E-state index is 0.172. The molecule has 0 aliphatic heterocycles. The zero-order chi connectivity index (χ0) is 12.9. The van der Waals surface area contributed by atoms with E-state index in [0.717, 1.165) is 29.6 Å². The molecule has 0 amide bonds. The summed E-state index contributed by atoms with van der Waals surface area (Å²) in [6.45, 7) is 5.06. The van der Waals surface area contributed by atoms with Gasteiger partial charge in [-0.1, -0.05) is 6.92 Å². The lowest BCUT2D eigenvalue weighted by Crippen LogP contribution is -2.52. The van der Waals surface area contributed by atoms with Crippen LogP contribution < -0.4 is 11.5 Å². The van der Waals surface area contributed by atoms with Crippen LogP contribution in [0.25, 0.3) is 0 Å². The lowest BCUT2D eigenvalue weighted by molar-refractivity contribution is -0.0481. The van der Waals surface area contributed by atoms with Gasteiger partial charge in [0.05, 0.1) is 0 Å². The average Bonchev–Trinajstić information content (AvgIpc) is 2.32. The van der Waals surface area contributed by atoms with Crippen molar-refractivity contribution < 1.29 is 0 Å². The molecule has 2 heteroatoms. The average molecular weight is 250 g/mol. The van der Waals surface area contributed by atoms with Crippen LogP contribution in [-0.4, -0.2) is 12.1 Å². The summed E-state index contributed by atoms with van der Waals surface area (Å²) < 4.78 is 0. The molecule has 0 aromatic rings. The highest BCUT2D eigenvalue weighted by atomic mass is 14.8. The zero-order valence-electron chi connectivity index (χ0n) is 12.1. The standard InChI is InChI=1S/C16H30N2/c1-10(16(2,18)9-17)3-15-13-5-11-4-12(7-13)8-14(15)6-11/h10-15H,3-9,17-18H2,1-2H3. The van der Waals surface area contributed by atoms with Crippen LogP contribution in [0.3, 0.4) is 0 Å². The molecule has 2 unspecified atom stereocenters. The Morgan fingerprint density at radius 1 is 1.06 bits per heavy atom. The van der Waals surface area contributed by atoms with Crippen LogP contribution in [0.5, 0.6) is 0 Å². The molecule has 104 valence electrons. The highest BCUT2D eigenvalue weighted by molar-refractivity contribution is 4.99. The number of hydrogen-bond acceptors (Lipinski definition) is 2. The summed E-state index contributed by atoms with van der Waals surface area (Å²) in [5.41, 5.74) is 12.0. The Kier molecular flexibility index (Phi) is 3.22. The minimum atomic E-state index is -0.172. The smallest absolute Gasteiger partial charge is 0.0276 e. The highest BCUT2D eigenvalue weighted by Gasteiger charge is 2.48. The molecule has 0 radical (unpaired) electrons. The first-order valence-corrected chi connectivity index (χ1v) is 7.98. The van der Waals surface area contributed by atoms with Gasteiger partial charge < -0.3 is 11.5 Å². The zero-order valence-corrected chi connectivity index (χ0v) is 12.1. The minimum Gasteiger partial charge on any atom is -0.329 e. The Morgan fingerprint density at radius 2 is 1.56 bits per heavy atom. The lowest BCUT2D eigenvalue weighted by atomic mass is 9.50. The van der Waals surface area contributed by atoms with Crippen molar-refractivity contribution in [2.45, 2.75) is 57.9 Å². The van der Waals surface area contributed by atoms with E-state index in [1.54, 1.807) is 6.42 Å². The maximum Gasteiger partial charge on any atom is 0.0276 e. The van der Waals surface area contributed by atoms with Gasteiger partial charge in [-0.2, -0.15) is 0 Å². The van der Waals surface area contributed by atoms with E-state index in [1.165, 1.54) is 32.1 Å². The molecular weight excluding hydrogens is 220 g/mol. The van der Waals surface area contributed by atoms with Gasteiger partial charge in [-0.3, -0.25) is 0 Å². The van der Waals surface area contributed by atoms with Gasteiger partial charge in [-0.15, -0.1) is 0 Å².